The van der Waals surface area contributed by atoms with Crippen LogP contribution in [-0.2, 0) is 0 Å². The highest BCUT2D eigenvalue weighted by Gasteiger charge is 2.06. The maximum atomic E-state index is 4.12. The summed E-state index contributed by atoms with van der Waals surface area (Å²) in [6.45, 7) is 11.2. The predicted octanol–water partition coefficient (Wildman–Crippen LogP) is 1.67. The van der Waals surface area contributed by atoms with Gasteiger partial charge in [0, 0.05) is 44.1 Å². The molecule has 2 heterocycles. The molecular formula is C15H23N3. The Morgan fingerprint density at radius 1 is 1.28 bits per heavy atom. The van der Waals surface area contributed by atoms with Crippen molar-refractivity contribution in [3.05, 3.63) is 29.6 Å². The summed E-state index contributed by atoms with van der Waals surface area (Å²) in [7, 11) is 0. The third kappa shape index (κ3) is 5.31. The minimum Gasteiger partial charge on any atom is -0.314 e. The van der Waals surface area contributed by atoms with Gasteiger partial charge >= 0.3 is 0 Å². The van der Waals surface area contributed by atoms with Crippen LogP contribution in [0.1, 0.15) is 25.0 Å². The maximum absolute atomic E-state index is 4.12. The lowest BCUT2D eigenvalue weighted by Crippen LogP contribution is -2.43. The molecule has 0 unspecified atom stereocenters. The molecule has 3 heteroatoms. The van der Waals surface area contributed by atoms with Gasteiger partial charge in [0.1, 0.15) is 0 Å². The summed E-state index contributed by atoms with van der Waals surface area (Å²) in [6, 6.07) is 2.07. The van der Waals surface area contributed by atoms with Gasteiger partial charge in [0.2, 0.25) is 0 Å². The predicted molar refractivity (Wildman–Crippen MR) is 76.5 cm³/mol. The Hall–Kier alpha value is -1.37. The van der Waals surface area contributed by atoms with Gasteiger partial charge in [-0.2, -0.15) is 0 Å². The van der Waals surface area contributed by atoms with Gasteiger partial charge in [-0.05, 0) is 18.6 Å². The molecule has 0 bridgehead atoms. The van der Waals surface area contributed by atoms with Crippen molar-refractivity contribution in [3.8, 4) is 11.8 Å². The molecule has 1 saturated heterocycles. The highest BCUT2D eigenvalue weighted by molar-refractivity contribution is 5.34. The molecule has 0 aromatic carbocycles. The molecule has 0 amide bonds. The molecule has 0 atom stereocenters. The number of hydrogen-bond donors (Lipinski definition) is 1. The first-order chi connectivity index (χ1) is 8.84. The van der Waals surface area contributed by atoms with Crippen LogP contribution in [0.4, 0.5) is 0 Å². The average Bonchev–Trinajstić information content (AvgIpc) is 2.42. The third-order valence-corrected chi connectivity index (χ3v) is 2.62. The molecule has 2 rings (SSSR count). The van der Waals surface area contributed by atoms with Crippen LogP contribution in [0.25, 0.3) is 0 Å². The van der Waals surface area contributed by atoms with E-state index in [0.29, 0.717) is 0 Å². The molecule has 1 fully saturated rings. The van der Waals surface area contributed by atoms with E-state index in [1.807, 2.05) is 33.2 Å². The van der Waals surface area contributed by atoms with Crippen molar-refractivity contribution in [2.24, 2.45) is 0 Å². The first kappa shape index (κ1) is 14.7. The summed E-state index contributed by atoms with van der Waals surface area (Å²) in [4.78, 5) is 6.49. The second kappa shape index (κ2) is 8.68. The maximum Gasteiger partial charge on any atom is 0.0606 e. The van der Waals surface area contributed by atoms with Gasteiger partial charge in [-0.15, -0.1) is 0 Å². The molecule has 1 aliphatic rings. The van der Waals surface area contributed by atoms with Crippen LogP contribution in [0.2, 0.25) is 0 Å². The number of pyridine rings is 1. The van der Waals surface area contributed by atoms with E-state index in [2.05, 4.69) is 33.1 Å². The van der Waals surface area contributed by atoms with Crippen LogP contribution in [0.5, 0.6) is 0 Å². The van der Waals surface area contributed by atoms with Crippen LogP contribution in [-0.4, -0.2) is 42.6 Å². The fraction of sp³-hybridized carbons (Fsp3) is 0.533. The van der Waals surface area contributed by atoms with E-state index >= 15 is 0 Å². The molecule has 98 valence electrons. The molecular weight excluding hydrogens is 222 g/mol. The number of nitrogens with one attached hydrogen (secondary N) is 1. The van der Waals surface area contributed by atoms with Crippen molar-refractivity contribution in [3.63, 3.8) is 0 Å². The van der Waals surface area contributed by atoms with E-state index in [1.54, 1.807) is 0 Å². The largest absolute Gasteiger partial charge is 0.314 e. The monoisotopic (exact) mass is 245 g/mol. The summed E-state index contributed by atoms with van der Waals surface area (Å²) in [6.07, 6.45) is 3.67. The zero-order chi connectivity index (χ0) is 13.2. The Morgan fingerprint density at radius 3 is 2.67 bits per heavy atom. The summed E-state index contributed by atoms with van der Waals surface area (Å²) < 4.78 is 0. The minimum atomic E-state index is 0.857. The molecule has 0 spiro atoms. The number of piperazine rings is 1. The van der Waals surface area contributed by atoms with Crippen LogP contribution in [0.15, 0.2) is 18.5 Å². The highest BCUT2D eigenvalue weighted by Crippen LogP contribution is 1.98. The first-order valence-electron chi connectivity index (χ1n) is 6.68. The first-order valence-corrected chi connectivity index (χ1v) is 6.68. The van der Waals surface area contributed by atoms with Gasteiger partial charge < -0.3 is 5.32 Å². The number of aryl methyl sites for hydroxylation is 1. The molecule has 1 aliphatic heterocycles. The molecule has 1 aromatic heterocycles. The Balaban J connectivity index is 0.000000771. The van der Waals surface area contributed by atoms with Gasteiger partial charge in [-0.25, -0.2) is 0 Å². The lowest BCUT2D eigenvalue weighted by atomic mass is 10.2. The summed E-state index contributed by atoms with van der Waals surface area (Å²) in [5, 5.41) is 3.33. The second-order valence-electron chi connectivity index (χ2n) is 4.08. The Morgan fingerprint density at radius 2 is 2.00 bits per heavy atom. The van der Waals surface area contributed by atoms with Crippen LogP contribution in [0.3, 0.4) is 0 Å². The number of hydrogen-bond acceptors (Lipinski definition) is 3. The molecule has 0 saturated carbocycles. The minimum absolute atomic E-state index is 0.857. The lowest BCUT2D eigenvalue weighted by molar-refractivity contribution is 0.268. The highest BCUT2D eigenvalue weighted by atomic mass is 15.2. The van der Waals surface area contributed by atoms with Crippen molar-refractivity contribution in [1.82, 2.24) is 15.2 Å². The van der Waals surface area contributed by atoms with E-state index in [1.165, 1.54) is 0 Å². The zero-order valence-corrected chi connectivity index (χ0v) is 11.7. The van der Waals surface area contributed by atoms with Crippen LogP contribution < -0.4 is 5.32 Å². The smallest absolute Gasteiger partial charge is 0.0606 e. The van der Waals surface area contributed by atoms with Crippen LogP contribution >= 0.6 is 0 Å². The quantitative estimate of drug-likeness (QED) is 0.763. The summed E-state index contributed by atoms with van der Waals surface area (Å²) >= 11 is 0. The standard InChI is InChI=1S/C13H17N3.C2H6/c1-12-9-13(11-15-10-12)3-2-6-16-7-4-14-5-8-16;1-2/h9-11,14H,4-8H2,1H3;1-2H3. The van der Waals surface area contributed by atoms with Gasteiger partial charge in [0.25, 0.3) is 0 Å². The second-order valence-corrected chi connectivity index (χ2v) is 4.08. The Kier molecular flexibility index (Phi) is 7.09. The fourth-order valence-corrected chi connectivity index (χ4v) is 1.75. The van der Waals surface area contributed by atoms with Crippen LogP contribution in [0, 0.1) is 18.8 Å². The summed E-state index contributed by atoms with van der Waals surface area (Å²) in [5.41, 5.74) is 2.17. The van der Waals surface area contributed by atoms with E-state index in [-0.39, 0.29) is 0 Å². The molecule has 3 nitrogen and oxygen atoms in total. The number of rotatable bonds is 1. The fourth-order valence-electron chi connectivity index (χ4n) is 1.75. The molecule has 0 radical (unpaired) electrons. The lowest BCUT2D eigenvalue weighted by Gasteiger charge is -2.24. The summed E-state index contributed by atoms with van der Waals surface area (Å²) in [5.74, 6) is 6.36. The average molecular weight is 245 g/mol. The number of nitrogens with zero attached hydrogens (tertiary/aromatic N) is 2. The van der Waals surface area contributed by atoms with Crippen molar-refractivity contribution in [1.29, 1.82) is 0 Å². The van der Waals surface area contributed by atoms with Gasteiger partial charge in [0.15, 0.2) is 0 Å². The van der Waals surface area contributed by atoms with Crippen molar-refractivity contribution < 1.29 is 0 Å². The van der Waals surface area contributed by atoms with Crippen molar-refractivity contribution in [2.75, 3.05) is 32.7 Å². The van der Waals surface area contributed by atoms with E-state index in [9.17, 15) is 0 Å². The zero-order valence-electron chi connectivity index (χ0n) is 11.7. The van der Waals surface area contributed by atoms with E-state index in [4.69, 9.17) is 0 Å². The van der Waals surface area contributed by atoms with Crippen molar-refractivity contribution >= 4 is 0 Å². The van der Waals surface area contributed by atoms with E-state index in [0.717, 1.165) is 43.9 Å². The Labute approximate surface area is 111 Å². The Bertz CT molecular complexity index is 398. The van der Waals surface area contributed by atoms with Crippen molar-refractivity contribution in [2.45, 2.75) is 20.8 Å². The molecule has 1 N–H and O–H groups in total. The van der Waals surface area contributed by atoms with E-state index < -0.39 is 0 Å². The normalized spacial score (nSPS) is 15.1. The topological polar surface area (TPSA) is 28.2 Å². The van der Waals surface area contributed by atoms with Gasteiger partial charge in [0.05, 0.1) is 6.54 Å². The molecule has 1 aromatic rings. The third-order valence-electron chi connectivity index (χ3n) is 2.62. The molecule has 0 aliphatic carbocycles. The molecule has 18 heavy (non-hydrogen) atoms. The number of aromatic nitrogens is 1. The van der Waals surface area contributed by atoms with Gasteiger partial charge in [-0.3, -0.25) is 9.88 Å². The SMILES string of the molecule is CC.Cc1cncc(C#CCN2CCNCC2)c1. The van der Waals surface area contributed by atoms with Gasteiger partial charge in [-0.1, -0.05) is 25.7 Å².